The fourth-order valence-electron chi connectivity index (χ4n) is 1.86. The standard InChI is InChI=1S/C12H4F8N2O2.Mn/c1-2-3(10(23)12(18,19)20)11(24)22(21-2)9-7(16)5(14)4(13)6(15)8(9)17;/h24H,1H3;. The zero-order chi connectivity index (χ0) is 18.6. The number of aromatic nitrogens is 2. The predicted molar refractivity (Wildman–Crippen MR) is 60.1 cm³/mol. The minimum atomic E-state index is -5.47. The van der Waals surface area contributed by atoms with Crippen molar-refractivity contribution in [2.24, 2.45) is 0 Å². The number of aromatic hydroxyl groups is 1. The van der Waals surface area contributed by atoms with Crippen molar-refractivity contribution in [3.63, 3.8) is 0 Å². The van der Waals surface area contributed by atoms with E-state index in [1.54, 1.807) is 0 Å². The van der Waals surface area contributed by atoms with E-state index in [9.17, 15) is 45.0 Å². The van der Waals surface area contributed by atoms with Crippen molar-refractivity contribution in [3.8, 4) is 11.6 Å². The van der Waals surface area contributed by atoms with Crippen molar-refractivity contribution >= 4 is 5.78 Å². The third kappa shape index (κ3) is 3.21. The number of benzene rings is 1. The Bertz CT molecular complexity index is 833. The Morgan fingerprint density at radius 3 is 1.76 bits per heavy atom. The van der Waals surface area contributed by atoms with E-state index in [1.807, 2.05) is 0 Å². The van der Waals surface area contributed by atoms with Crippen molar-refractivity contribution in [2.45, 2.75) is 13.1 Å². The van der Waals surface area contributed by atoms with Crippen LogP contribution in [0.15, 0.2) is 0 Å². The van der Waals surface area contributed by atoms with Gasteiger partial charge in [0, 0.05) is 17.1 Å². The molecule has 1 heterocycles. The normalized spacial score (nSPS) is 11.4. The maximum Gasteiger partial charge on any atom is 0.455 e. The van der Waals surface area contributed by atoms with Gasteiger partial charge in [0.15, 0.2) is 23.3 Å². The number of hydrogen-bond donors (Lipinski definition) is 1. The molecule has 0 bridgehead atoms. The van der Waals surface area contributed by atoms with Gasteiger partial charge < -0.3 is 5.11 Å². The number of alkyl halides is 3. The number of rotatable bonds is 2. The van der Waals surface area contributed by atoms with Crippen LogP contribution in [0.5, 0.6) is 5.88 Å². The number of hydrogen-bond acceptors (Lipinski definition) is 3. The largest absolute Gasteiger partial charge is 0.493 e. The summed E-state index contributed by atoms with van der Waals surface area (Å²) in [4.78, 5) is 11.2. The van der Waals surface area contributed by atoms with Gasteiger partial charge in [0.2, 0.25) is 11.7 Å². The molecule has 13 heteroatoms. The fraction of sp³-hybridized carbons (Fsp3) is 0.167. The molecule has 25 heavy (non-hydrogen) atoms. The molecule has 2 aromatic rings. The molecular weight excluding hydrogens is 411 g/mol. The van der Waals surface area contributed by atoms with Gasteiger partial charge >= 0.3 is 6.18 Å². The van der Waals surface area contributed by atoms with Crippen LogP contribution in [0.2, 0.25) is 0 Å². The van der Waals surface area contributed by atoms with E-state index >= 15 is 0 Å². The Hall–Kier alpha value is -2.14. The molecule has 0 saturated carbocycles. The molecule has 1 N–H and O–H groups in total. The Morgan fingerprint density at radius 2 is 1.36 bits per heavy atom. The van der Waals surface area contributed by atoms with Crippen molar-refractivity contribution in [1.29, 1.82) is 0 Å². The Balaban J connectivity index is 0.00000312. The average Bonchev–Trinajstić information content (AvgIpc) is 2.76. The average molecular weight is 415 g/mol. The van der Waals surface area contributed by atoms with Gasteiger partial charge in [-0.05, 0) is 6.92 Å². The fourth-order valence-corrected chi connectivity index (χ4v) is 1.86. The van der Waals surface area contributed by atoms with Crippen molar-refractivity contribution in [2.75, 3.05) is 0 Å². The molecule has 4 nitrogen and oxygen atoms in total. The SMILES string of the molecule is Cc1nn(-c2c(F)c(F)c(F)c(F)c2F)c(O)c1C(=O)C(F)(F)F.[Mn]. The maximum atomic E-state index is 13.6. The smallest absolute Gasteiger partial charge is 0.455 e. The van der Waals surface area contributed by atoms with E-state index < -0.39 is 63.9 Å². The van der Waals surface area contributed by atoms with Gasteiger partial charge in [-0.25, -0.2) is 22.0 Å². The molecule has 1 radical (unpaired) electrons. The van der Waals surface area contributed by atoms with Crippen LogP contribution in [0.25, 0.3) is 5.69 Å². The number of halogens is 8. The van der Waals surface area contributed by atoms with Crippen molar-refractivity contribution in [1.82, 2.24) is 9.78 Å². The summed E-state index contributed by atoms with van der Waals surface area (Å²) in [6, 6.07) is 0. The van der Waals surface area contributed by atoms with Gasteiger partial charge in [0.25, 0.3) is 5.78 Å². The van der Waals surface area contributed by atoms with Gasteiger partial charge in [0.1, 0.15) is 11.3 Å². The number of Topliss-reactive ketones (excluding diaryl/α,β-unsaturated/α-hetero) is 1. The van der Waals surface area contributed by atoms with E-state index in [0.29, 0.717) is 0 Å². The van der Waals surface area contributed by atoms with E-state index in [0.717, 1.165) is 6.92 Å². The van der Waals surface area contributed by atoms with Gasteiger partial charge in [-0.3, -0.25) is 4.79 Å². The second-order valence-electron chi connectivity index (χ2n) is 4.44. The molecular formula is C12H4F8MnN2O2. The number of carbonyl (C=O) groups is 1. The summed E-state index contributed by atoms with van der Waals surface area (Å²) in [6.45, 7) is 0.765. The van der Waals surface area contributed by atoms with E-state index in [-0.39, 0.29) is 21.8 Å². The summed E-state index contributed by atoms with van der Waals surface area (Å²) in [7, 11) is 0. The summed E-state index contributed by atoms with van der Waals surface area (Å²) in [6.07, 6.45) is -5.47. The van der Waals surface area contributed by atoms with Crippen LogP contribution in [0, 0.1) is 36.0 Å². The molecule has 0 saturated heterocycles. The van der Waals surface area contributed by atoms with Crippen LogP contribution in [0.4, 0.5) is 35.1 Å². The zero-order valence-electron chi connectivity index (χ0n) is 11.7. The zero-order valence-corrected chi connectivity index (χ0v) is 12.8. The second-order valence-corrected chi connectivity index (χ2v) is 4.44. The van der Waals surface area contributed by atoms with E-state index in [1.165, 1.54) is 0 Å². The van der Waals surface area contributed by atoms with Crippen LogP contribution < -0.4 is 0 Å². The van der Waals surface area contributed by atoms with Crippen LogP contribution in [0.3, 0.4) is 0 Å². The molecule has 1 aromatic carbocycles. The summed E-state index contributed by atoms with van der Waals surface area (Å²) in [5, 5.41) is 12.7. The molecule has 2 rings (SSSR count). The maximum absolute atomic E-state index is 13.6. The molecule has 0 aliphatic rings. The van der Waals surface area contributed by atoms with Gasteiger partial charge in [-0.1, -0.05) is 0 Å². The quantitative estimate of drug-likeness (QED) is 0.269. The Labute approximate surface area is 143 Å². The molecule has 0 unspecified atom stereocenters. The first-order chi connectivity index (χ1) is 10.9. The topological polar surface area (TPSA) is 55.1 Å². The minimum absolute atomic E-state index is 0. The molecule has 0 atom stereocenters. The predicted octanol–water partition coefficient (Wildman–Crippen LogP) is 3.32. The summed E-state index contributed by atoms with van der Waals surface area (Å²) >= 11 is 0. The third-order valence-corrected chi connectivity index (χ3v) is 2.92. The molecule has 1 aromatic heterocycles. The molecule has 0 aliphatic heterocycles. The first kappa shape index (κ1) is 20.9. The monoisotopic (exact) mass is 415 g/mol. The summed E-state index contributed by atoms with van der Waals surface area (Å²) in [5.41, 5.74) is -4.14. The number of nitrogens with zero attached hydrogens (tertiary/aromatic N) is 2. The van der Waals surface area contributed by atoms with Crippen LogP contribution in [-0.2, 0) is 17.1 Å². The van der Waals surface area contributed by atoms with Crippen LogP contribution in [0.1, 0.15) is 16.1 Å². The number of ketones is 1. The number of carbonyl (C=O) groups excluding carboxylic acids is 1. The van der Waals surface area contributed by atoms with E-state index in [4.69, 9.17) is 0 Å². The molecule has 0 fully saturated rings. The second kappa shape index (κ2) is 6.64. The molecule has 0 amide bonds. The molecule has 0 aliphatic carbocycles. The van der Waals surface area contributed by atoms with Crippen LogP contribution in [-0.4, -0.2) is 26.8 Å². The van der Waals surface area contributed by atoms with Crippen LogP contribution >= 0.6 is 0 Å². The van der Waals surface area contributed by atoms with E-state index in [2.05, 4.69) is 5.10 Å². The summed E-state index contributed by atoms with van der Waals surface area (Å²) in [5.74, 6) is -16.5. The van der Waals surface area contributed by atoms with Gasteiger partial charge in [-0.2, -0.15) is 23.0 Å². The first-order valence-corrected chi connectivity index (χ1v) is 5.81. The van der Waals surface area contributed by atoms with Gasteiger partial charge in [0.05, 0.1) is 5.69 Å². The van der Waals surface area contributed by atoms with Crippen molar-refractivity contribution in [3.05, 3.63) is 40.3 Å². The van der Waals surface area contributed by atoms with Crippen molar-refractivity contribution < 1.29 is 62.1 Å². The Morgan fingerprint density at radius 1 is 0.960 bits per heavy atom. The van der Waals surface area contributed by atoms with Gasteiger partial charge in [-0.15, -0.1) is 0 Å². The summed E-state index contributed by atoms with van der Waals surface area (Å²) < 4.78 is 103. The Kier molecular flexibility index (Phi) is 5.55. The number of aryl methyl sites for hydroxylation is 1. The minimum Gasteiger partial charge on any atom is -0.493 e. The first-order valence-electron chi connectivity index (χ1n) is 5.81. The molecule has 137 valence electrons. The third-order valence-electron chi connectivity index (χ3n) is 2.92. The molecule has 0 spiro atoms.